The smallest absolute Gasteiger partial charge is 0.280 e. The van der Waals surface area contributed by atoms with Crippen LogP contribution in [0.5, 0.6) is 0 Å². The van der Waals surface area contributed by atoms with E-state index in [2.05, 4.69) is 4.99 Å². The van der Waals surface area contributed by atoms with Crippen LogP contribution in [0.2, 0.25) is 0 Å². The van der Waals surface area contributed by atoms with Gasteiger partial charge in [0.2, 0.25) is 0 Å². The minimum atomic E-state index is -0.878. The predicted molar refractivity (Wildman–Crippen MR) is 97.5 cm³/mol. The van der Waals surface area contributed by atoms with Crippen LogP contribution in [0.1, 0.15) is 15.9 Å². The number of hydrogen-bond donors (Lipinski definition) is 0. The largest absolute Gasteiger partial charge is 0.319 e. The fraction of sp³-hybridized carbons (Fsp3) is 0.0588. The maximum atomic E-state index is 13.8. The van der Waals surface area contributed by atoms with Crippen LogP contribution in [0.25, 0.3) is 0 Å². The number of aromatic nitrogens is 1. The number of amides is 1. The highest BCUT2D eigenvalue weighted by Crippen LogP contribution is 2.23. The number of benzene rings is 2. The van der Waals surface area contributed by atoms with Crippen LogP contribution in [-0.2, 0) is 6.54 Å². The summed E-state index contributed by atoms with van der Waals surface area (Å²) in [5.74, 6) is -1.29. The molecule has 11 heteroatoms. The Bertz CT molecular complexity index is 1120. The maximum absolute atomic E-state index is 13.8. The molecule has 2 aromatic carbocycles. The van der Waals surface area contributed by atoms with Gasteiger partial charge in [-0.25, -0.2) is 4.39 Å². The van der Waals surface area contributed by atoms with Gasteiger partial charge in [0.1, 0.15) is 5.82 Å². The highest BCUT2D eigenvalue weighted by Gasteiger charge is 2.19. The molecule has 0 unspecified atom stereocenters. The number of hydrogen-bond acceptors (Lipinski definition) is 6. The number of halogens is 1. The molecule has 0 atom stereocenters. The molecule has 0 N–H and O–H groups in total. The van der Waals surface area contributed by atoms with E-state index < -0.39 is 32.9 Å². The maximum Gasteiger partial charge on any atom is 0.280 e. The lowest BCUT2D eigenvalue weighted by molar-refractivity contribution is -0.394. The molecule has 28 heavy (non-hydrogen) atoms. The van der Waals surface area contributed by atoms with Gasteiger partial charge in [-0.2, -0.15) is 4.99 Å². The predicted octanol–water partition coefficient (Wildman–Crippen LogP) is 3.29. The zero-order valence-corrected chi connectivity index (χ0v) is 14.8. The first-order valence-corrected chi connectivity index (χ1v) is 8.63. The number of rotatable bonds is 5. The molecule has 1 heterocycles. The molecule has 0 bridgehead atoms. The lowest BCUT2D eigenvalue weighted by atomic mass is 10.1. The second-order valence-corrected chi connectivity index (χ2v) is 6.45. The Morgan fingerprint density at radius 2 is 1.75 bits per heavy atom. The summed E-state index contributed by atoms with van der Waals surface area (Å²) in [6.45, 7) is 0.122. The minimum absolute atomic E-state index is 0.122. The summed E-state index contributed by atoms with van der Waals surface area (Å²) >= 11 is 1.10. The molecule has 1 amide bonds. The van der Waals surface area contributed by atoms with Gasteiger partial charge in [-0.15, -0.1) is 11.3 Å². The Labute approximate surface area is 160 Å². The van der Waals surface area contributed by atoms with Crippen molar-refractivity contribution in [2.45, 2.75) is 6.54 Å². The molecule has 0 saturated heterocycles. The van der Waals surface area contributed by atoms with E-state index in [1.54, 1.807) is 29.8 Å². The van der Waals surface area contributed by atoms with Crippen molar-refractivity contribution in [2.24, 2.45) is 4.99 Å². The molecule has 9 nitrogen and oxygen atoms in total. The molecule has 0 aliphatic rings. The van der Waals surface area contributed by atoms with Gasteiger partial charge in [0.15, 0.2) is 4.80 Å². The van der Waals surface area contributed by atoms with Gasteiger partial charge >= 0.3 is 0 Å². The van der Waals surface area contributed by atoms with Crippen molar-refractivity contribution in [3.8, 4) is 0 Å². The second kappa shape index (κ2) is 7.88. The van der Waals surface area contributed by atoms with Gasteiger partial charge in [-0.3, -0.25) is 25.0 Å². The van der Waals surface area contributed by atoms with Crippen molar-refractivity contribution >= 4 is 28.6 Å². The van der Waals surface area contributed by atoms with Gasteiger partial charge in [-0.1, -0.05) is 18.2 Å². The number of carbonyl (C=O) groups is 1. The number of carbonyl (C=O) groups excluding carboxylic acids is 1. The first-order chi connectivity index (χ1) is 13.3. The van der Waals surface area contributed by atoms with Gasteiger partial charge in [0, 0.05) is 29.3 Å². The Morgan fingerprint density at radius 1 is 1.11 bits per heavy atom. The highest BCUT2D eigenvalue weighted by molar-refractivity contribution is 7.07. The van der Waals surface area contributed by atoms with Crippen molar-refractivity contribution in [1.29, 1.82) is 0 Å². The Kier molecular flexibility index (Phi) is 5.36. The average Bonchev–Trinajstić information content (AvgIpc) is 3.09. The van der Waals surface area contributed by atoms with Crippen molar-refractivity contribution < 1.29 is 19.0 Å². The van der Waals surface area contributed by atoms with E-state index in [9.17, 15) is 29.4 Å². The van der Waals surface area contributed by atoms with E-state index in [-0.39, 0.29) is 16.9 Å². The Hall–Kier alpha value is -3.73. The summed E-state index contributed by atoms with van der Waals surface area (Å²) in [6, 6.07) is 8.75. The number of thiazole rings is 1. The van der Waals surface area contributed by atoms with E-state index in [0.717, 1.165) is 29.5 Å². The van der Waals surface area contributed by atoms with Gasteiger partial charge in [0.25, 0.3) is 17.3 Å². The van der Waals surface area contributed by atoms with Crippen LogP contribution in [0, 0.1) is 26.0 Å². The molecular formula is C17H11FN4O5S. The van der Waals surface area contributed by atoms with Crippen LogP contribution < -0.4 is 4.80 Å². The van der Waals surface area contributed by atoms with E-state index in [1.165, 1.54) is 10.6 Å². The number of nitro benzene ring substituents is 2. The SMILES string of the molecule is O=C(N=c1sccn1Cc1ccccc1F)c1cc([N+](=O)[O-])cc([N+](=O)[O-])c1. The Morgan fingerprint density at radius 3 is 2.36 bits per heavy atom. The number of non-ortho nitro benzene ring substituents is 2. The summed E-state index contributed by atoms with van der Waals surface area (Å²) in [4.78, 5) is 36.8. The molecular weight excluding hydrogens is 391 g/mol. The van der Waals surface area contributed by atoms with Crippen LogP contribution >= 0.6 is 11.3 Å². The van der Waals surface area contributed by atoms with Crippen molar-refractivity contribution in [3.05, 3.63) is 96.0 Å². The zero-order chi connectivity index (χ0) is 20.3. The van der Waals surface area contributed by atoms with E-state index in [4.69, 9.17) is 0 Å². The van der Waals surface area contributed by atoms with Crippen molar-refractivity contribution in [3.63, 3.8) is 0 Å². The van der Waals surface area contributed by atoms with Crippen molar-refractivity contribution in [1.82, 2.24) is 4.57 Å². The fourth-order valence-electron chi connectivity index (χ4n) is 2.40. The van der Waals surface area contributed by atoms with Gasteiger partial charge < -0.3 is 4.57 Å². The molecule has 1 aromatic heterocycles. The third-order valence-corrected chi connectivity index (χ3v) is 4.52. The van der Waals surface area contributed by atoms with Gasteiger partial charge in [-0.05, 0) is 6.07 Å². The first kappa shape index (κ1) is 19.0. The van der Waals surface area contributed by atoms with Crippen LogP contribution in [0.15, 0.2) is 59.0 Å². The Balaban J connectivity index is 1.98. The van der Waals surface area contributed by atoms with Gasteiger partial charge in [0.05, 0.1) is 28.0 Å². The molecule has 0 saturated carbocycles. The molecule has 0 aliphatic heterocycles. The van der Waals surface area contributed by atoms with Crippen LogP contribution in [0.4, 0.5) is 15.8 Å². The van der Waals surface area contributed by atoms with Crippen molar-refractivity contribution in [2.75, 3.05) is 0 Å². The quantitative estimate of drug-likeness (QED) is 0.479. The van der Waals surface area contributed by atoms with Crippen LogP contribution in [0.3, 0.4) is 0 Å². The number of nitrogens with zero attached hydrogens (tertiary/aromatic N) is 4. The third-order valence-electron chi connectivity index (χ3n) is 3.73. The summed E-state index contributed by atoms with van der Waals surface area (Å²) in [6.07, 6.45) is 1.61. The summed E-state index contributed by atoms with van der Waals surface area (Å²) in [5, 5.41) is 23.6. The average molecular weight is 402 g/mol. The van der Waals surface area contributed by atoms with E-state index in [1.807, 2.05) is 0 Å². The first-order valence-electron chi connectivity index (χ1n) is 7.75. The summed E-state index contributed by atoms with van der Waals surface area (Å²) < 4.78 is 15.4. The number of nitro groups is 2. The molecule has 0 spiro atoms. The van der Waals surface area contributed by atoms with Crippen LogP contribution in [-0.4, -0.2) is 20.3 Å². The third kappa shape index (κ3) is 4.15. The topological polar surface area (TPSA) is 121 Å². The summed E-state index contributed by atoms with van der Waals surface area (Å²) in [7, 11) is 0. The molecule has 0 radical (unpaired) electrons. The lowest BCUT2D eigenvalue weighted by Crippen LogP contribution is -2.17. The highest BCUT2D eigenvalue weighted by atomic mass is 32.1. The van der Waals surface area contributed by atoms with E-state index >= 15 is 0 Å². The summed E-state index contributed by atoms with van der Waals surface area (Å²) in [5.41, 5.74) is -1.07. The molecule has 0 aliphatic carbocycles. The molecule has 0 fully saturated rings. The van der Waals surface area contributed by atoms with E-state index in [0.29, 0.717) is 5.56 Å². The molecule has 142 valence electrons. The lowest BCUT2D eigenvalue weighted by Gasteiger charge is -2.04. The molecule has 3 aromatic rings. The fourth-order valence-corrected chi connectivity index (χ4v) is 3.12. The zero-order valence-electron chi connectivity index (χ0n) is 14.0. The standard InChI is InChI=1S/C17H11FN4O5S/c18-15-4-2-1-3-11(15)10-20-5-6-28-17(20)19-16(23)12-7-13(21(24)25)9-14(8-12)22(26)27/h1-9H,10H2. The molecule has 3 rings (SSSR count). The second-order valence-electron chi connectivity index (χ2n) is 5.57. The monoisotopic (exact) mass is 402 g/mol. The normalized spacial score (nSPS) is 11.4. The minimum Gasteiger partial charge on any atom is -0.319 e.